The second-order valence-corrected chi connectivity index (χ2v) is 10.6. The summed E-state index contributed by atoms with van der Waals surface area (Å²) in [6.07, 6.45) is 0.416. The minimum Gasteiger partial charge on any atom is -0.493 e. The highest BCUT2D eigenvalue weighted by atomic mass is 32.1. The van der Waals surface area contributed by atoms with Gasteiger partial charge in [0.15, 0.2) is 40.7 Å². The Kier molecular flexibility index (Phi) is 14.9. The van der Waals surface area contributed by atoms with E-state index in [4.69, 9.17) is 23.4 Å². The summed E-state index contributed by atoms with van der Waals surface area (Å²) in [6, 6.07) is 4.50. The number of benzene rings is 2. The number of aryl methyl sites for hydroxylation is 2. The van der Waals surface area contributed by atoms with Crippen molar-refractivity contribution in [2.45, 2.75) is 34.6 Å². The third kappa shape index (κ3) is 9.40. The molecule has 0 saturated heterocycles. The Morgan fingerprint density at radius 1 is 0.957 bits per heavy atom. The number of esters is 1. The molecule has 0 amide bonds. The zero-order chi connectivity index (χ0) is 34.6. The van der Waals surface area contributed by atoms with Crippen LogP contribution in [0.5, 0.6) is 11.5 Å². The minimum absolute atomic E-state index is 0.109. The van der Waals surface area contributed by atoms with Gasteiger partial charge in [0.2, 0.25) is 0 Å². The first-order valence-corrected chi connectivity index (χ1v) is 15.5. The lowest BCUT2D eigenvalue weighted by Gasteiger charge is -2.13. The first kappa shape index (κ1) is 38.0. The molecule has 0 atom stereocenters. The lowest BCUT2D eigenvalue weighted by Crippen LogP contribution is -2.21. The number of carbonyl (C=O) groups excluding carboxylic acids is 2. The Morgan fingerprint density at radius 2 is 1.48 bits per heavy atom. The van der Waals surface area contributed by atoms with Crippen LogP contribution < -0.4 is 9.47 Å². The van der Waals surface area contributed by atoms with E-state index < -0.39 is 11.8 Å². The molecule has 5 aromatic rings. The van der Waals surface area contributed by atoms with Gasteiger partial charge in [-0.2, -0.15) is 12.6 Å². The van der Waals surface area contributed by atoms with E-state index in [0.29, 0.717) is 40.5 Å². The van der Waals surface area contributed by atoms with Gasteiger partial charge in [-0.3, -0.25) is 9.59 Å². The van der Waals surface area contributed by atoms with Gasteiger partial charge in [0.1, 0.15) is 21.7 Å². The Bertz CT molecular complexity index is 1770. The zero-order valence-corrected chi connectivity index (χ0v) is 28.6. The smallest absolute Gasteiger partial charge is 0.345 e. The number of nitrogens with zero attached hydrogens (tertiary/aromatic N) is 3. The second-order valence-electron chi connectivity index (χ2n) is 9.17. The van der Waals surface area contributed by atoms with Crippen molar-refractivity contribution in [1.82, 2.24) is 14.9 Å². The van der Waals surface area contributed by atoms with E-state index in [2.05, 4.69) is 53.0 Å². The summed E-state index contributed by atoms with van der Waals surface area (Å²) < 4.78 is 39.3. The van der Waals surface area contributed by atoms with Crippen LogP contribution in [0.15, 0.2) is 27.0 Å². The number of thiol groups is 1. The molecule has 0 aliphatic heterocycles. The van der Waals surface area contributed by atoms with Crippen molar-refractivity contribution in [1.29, 1.82) is 0 Å². The van der Waals surface area contributed by atoms with Crippen molar-refractivity contribution in [3.05, 3.63) is 46.2 Å². The summed E-state index contributed by atoms with van der Waals surface area (Å²) >= 11 is 4.82. The van der Waals surface area contributed by atoms with Gasteiger partial charge < -0.3 is 33.1 Å². The number of halogens is 1. The van der Waals surface area contributed by atoms with E-state index >= 15 is 0 Å². The maximum absolute atomic E-state index is 13.4. The fourth-order valence-electron chi connectivity index (χ4n) is 4.06. The van der Waals surface area contributed by atoms with Crippen LogP contribution in [-0.4, -0.2) is 84.9 Å². The molecule has 3 aromatic heterocycles. The Balaban J connectivity index is 0.000000236. The van der Waals surface area contributed by atoms with Gasteiger partial charge in [-0.15, -0.1) is 11.3 Å². The van der Waals surface area contributed by atoms with Gasteiger partial charge in [0, 0.05) is 36.1 Å². The third-order valence-electron chi connectivity index (χ3n) is 6.43. The van der Waals surface area contributed by atoms with E-state index in [0.717, 1.165) is 16.2 Å². The number of ether oxygens (including phenoxy) is 3. The number of aldehydes is 1. The highest BCUT2D eigenvalue weighted by Crippen LogP contribution is 2.38. The lowest BCUT2D eigenvalue weighted by molar-refractivity contribution is -0.137. The number of carboxylic acid groups (broad SMARTS) is 1. The summed E-state index contributed by atoms with van der Waals surface area (Å²) in [5, 5.41) is 9.81. The lowest BCUT2D eigenvalue weighted by atomic mass is 10.2. The number of carbonyl (C=O) groups is 3. The van der Waals surface area contributed by atoms with Gasteiger partial charge in [-0.1, -0.05) is 20.8 Å². The summed E-state index contributed by atoms with van der Waals surface area (Å²) in [6.45, 7) is 13.5. The summed E-state index contributed by atoms with van der Waals surface area (Å²) in [5.41, 5.74) is 1.57. The van der Waals surface area contributed by atoms with Crippen LogP contribution >= 0.6 is 24.0 Å². The molecule has 0 fully saturated rings. The Hall–Kier alpha value is -4.21. The van der Waals surface area contributed by atoms with E-state index in [1.165, 1.54) is 45.2 Å². The number of oxazole rings is 2. The van der Waals surface area contributed by atoms with Gasteiger partial charge >= 0.3 is 11.9 Å². The monoisotopic (exact) mass is 679 g/mol. The van der Waals surface area contributed by atoms with Gasteiger partial charge in [-0.05, 0) is 25.7 Å². The maximum Gasteiger partial charge on any atom is 0.345 e. The first-order valence-electron chi connectivity index (χ1n) is 14.0. The summed E-state index contributed by atoms with van der Waals surface area (Å²) in [5.74, 6) is -0.0535. The maximum atomic E-state index is 13.4. The fraction of sp³-hybridized carbons (Fsp3) is 0.387. The Morgan fingerprint density at radius 3 is 1.89 bits per heavy atom. The molecule has 0 saturated carbocycles. The molecule has 0 radical (unpaired) electrons. The average Bonchev–Trinajstić information content (AvgIpc) is 3.77. The highest BCUT2D eigenvalue weighted by Gasteiger charge is 2.18. The molecule has 0 spiro atoms. The van der Waals surface area contributed by atoms with Crippen LogP contribution in [0.3, 0.4) is 0 Å². The largest absolute Gasteiger partial charge is 0.493 e. The van der Waals surface area contributed by atoms with E-state index in [1.807, 2.05) is 0 Å². The van der Waals surface area contributed by atoms with E-state index in [-0.39, 0.29) is 33.4 Å². The molecule has 15 heteroatoms. The first-order chi connectivity index (χ1) is 21.9. The minimum atomic E-state index is -0.941. The van der Waals surface area contributed by atoms with Gasteiger partial charge in [0.05, 0.1) is 32.6 Å². The number of carboxylic acids is 1. The summed E-state index contributed by atoms with van der Waals surface area (Å²) in [7, 11) is 4.27. The van der Waals surface area contributed by atoms with Crippen molar-refractivity contribution in [2.24, 2.45) is 0 Å². The fourth-order valence-corrected chi connectivity index (χ4v) is 5.12. The Labute approximate surface area is 274 Å². The van der Waals surface area contributed by atoms with Crippen molar-refractivity contribution >= 4 is 74.5 Å². The van der Waals surface area contributed by atoms with Crippen LogP contribution in [0.25, 0.3) is 32.3 Å². The molecule has 0 unspecified atom stereocenters. The normalized spacial score (nSPS) is 10.4. The molecule has 2 aromatic carbocycles. The number of aromatic carboxylic acids is 1. The average molecular weight is 680 g/mol. The number of fused-ring (bicyclic) bond motifs is 4. The van der Waals surface area contributed by atoms with Crippen molar-refractivity contribution < 1.29 is 46.9 Å². The molecule has 5 rings (SSSR count). The molecule has 1 N–H and O–H groups in total. The number of methoxy groups -OCH3 is 3. The number of hydrogen-bond acceptors (Lipinski definition) is 13. The molecular weight excluding hydrogens is 641 g/mol. The highest BCUT2D eigenvalue weighted by molar-refractivity contribution is 7.81. The predicted octanol–water partition coefficient (Wildman–Crippen LogP) is 6.59. The third-order valence-corrected chi connectivity index (χ3v) is 7.76. The molecular formula is C31H38FN3O9S2. The van der Waals surface area contributed by atoms with Gasteiger partial charge in [0.25, 0.3) is 0 Å². The molecule has 3 heterocycles. The number of thiophene rings is 1. The zero-order valence-electron chi connectivity index (χ0n) is 26.9. The van der Waals surface area contributed by atoms with Crippen LogP contribution in [0.4, 0.5) is 4.39 Å². The van der Waals surface area contributed by atoms with Crippen LogP contribution in [0.2, 0.25) is 0 Å². The van der Waals surface area contributed by atoms with E-state index in [1.54, 1.807) is 33.1 Å². The van der Waals surface area contributed by atoms with Crippen LogP contribution in [0, 0.1) is 19.7 Å². The molecule has 250 valence electrons. The number of hydrogen-bond donors (Lipinski definition) is 2. The van der Waals surface area contributed by atoms with Crippen molar-refractivity contribution in [2.75, 3.05) is 46.7 Å². The van der Waals surface area contributed by atoms with Crippen molar-refractivity contribution in [3.63, 3.8) is 0 Å². The van der Waals surface area contributed by atoms with Crippen molar-refractivity contribution in [3.8, 4) is 11.5 Å². The standard InChI is InChI=1S/C12H9NO4S.C10H8FNO3.C6H15N.C3H6O2S/c1-5-13-10-6-3-9(12(14)15)18-8(6)4-7(16-2)11(10)17-5;1-5-12-9-6(4-13)7(11)3-8(14-2)10(9)15-5;1-4-7(5-2)6-3;1-5-3(4)2-6/h3-4H,1-2H3,(H,14,15);3-4H,1-2H3;4-6H2,1-3H3;6H,2H2,1H3. The molecule has 12 nitrogen and oxygen atoms in total. The van der Waals surface area contributed by atoms with Crippen LogP contribution in [0.1, 0.15) is 52.6 Å². The molecule has 0 bridgehead atoms. The van der Waals surface area contributed by atoms with E-state index in [9.17, 15) is 18.8 Å². The summed E-state index contributed by atoms with van der Waals surface area (Å²) in [4.78, 5) is 42.4. The quantitative estimate of drug-likeness (QED) is 0.103. The van der Waals surface area contributed by atoms with Crippen LogP contribution in [-0.2, 0) is 9.53 Å². The number of aromatic nitrogens is 2. The number of rotatable bonds is 8. The molecule has 0 aliphatic rings. The molecule has 0 aliphatic carbocycles. The molecule has 46 heavy (non-hydrogen) atoms. The topological polar surface area (TPSA) is 154 Å². The SMILES string of the molecule is CCN(CC)CC.COC(=O)CS.COc1cc(F)c(C=O)c2nc(C)oc12.COc1cc2sc(C(=O)O)cc2c2nc(C)oc12. The second kappa shape index (κ2) is 18.1. The van der Waals surface area contributed by atoms with Gasteiger partial charge in [-0.25, -0.2) is 19.2 Å². The predicted molar refractivity (Wildman–Crippen MR) is 178 cm³/mol.